The summed E-state index contributed by atoms with van der Waals surface area (Å²) in [4.78, 5) is 26.0. The lowest BCUT2D eigenvalue weighted by Gasteiger charge is -2.17. The fourth-order valence-corrected chi connectivity index (χ4v) is 3.33. The van der Waals surface area contributed by atoms with Crippen LogP contribution in [0.4, 0.5) is 5.69 Å². The number of carbonyl (C=O) groups excluding carboxylic acids is 2. The third-order valence-electron chi connectivity index (χ3n) is 4.53. The summed E-state index contributed by atoms with van der Waals surface area (Å²) in [6.07, 6.45) is 5.96. The third kappa shape index (κ3) is 2.80. The lowest BCUT2D eigenvalue weighted by Crippen LogP contribution is -2.32. The number of anilines is 1. The van der Waals surface area contributed by atoms with Crippen molar-refractivity contribution in [1.82, 2.24) is 5.32 Å². The molecule has 4 heteroatoms. The largest absolute Gasteiger partial charge is 0.349 e. The molecule has 1 fully saturated rings. The van der Waals surface area contributed by atoms with Crippen LogP contribution in [-0.2, 0) is 11.2 Å². The van der Waals surface area contributed by atoms with Gasteiger partial charge < -0.3 is 10.2 Å². The zero-order valence-electron chi connectivity index (χ0n) is 12.5. The van der Waals surface area contributed by atoms with Crippen molar-refractivity contribution in [3.05, 3.63) is 29.3 Å². The van der Waals surface area contributed by atoms with Gasteiger partial charge in [0, 0.05) is 30.3 Å². The van der Waals surface area contributed by atoms with Crippen LogP contribution in [0.3, 0.4) is 0 Å². The Morgan fingerprint density at radius 2 is 2.05 bits per heavy atom. The number of carbonyl (C=O) groups is 2. The first-order valence-corrected chi connectivity index (χ1v) is 7.93. The number of hydrogen-bond acceptors (Lipinski definition) is 2. The predicted octanol–water partition coefficient (Wildman–Crippen LogP) is 2.66. The number of rotatable bonds is 3. The first-order valence-electron chi connectivity index (χ1n) is 7.93. The predicted molar refractivity (Wildman–Crippen MR) is 82.5 cm³/mol. The van der Waals surface area contributed by atoms with Gasteiger partial charge in [0.1, 0.15) is 0 Å². The lowest BCUT2D eigenvalue weighted by atomic mass is 10.1. The van der Waals surface area contributed by atoms with Crippen LogP contribution >= 0.6 is 0 Å². The summed E-state index contributed by atoms with van der Waals surface area (Å²) in [7, 11) is 0. The van der Waals surface area contributed by atoms with Gasteiger partial charge in [0.25, 0.3) is 5.91 Å². The monoisotopic (exact) mass is 286 g/mol. The summed E-state index contributed by atoms with van der Waals surface area (Å²) >= 11 is 0. The maximum atomic E-state index is 12.3. The molecule has 0 atom stereocenters. The third-order valence-corrected chi connectivity index (χ3v) is 4.53. The molecule has 0 saturated heterocycles. The summed E-state index contributed by atoms with van der Waals surface area (Å²) in [5.74, 6) is 0.168. The minimum absolute atomic E-state index is 0.0185. The van der Waals surface area contributed by atoms with Crippen molar-refractivity contribution in [2.75, 3.05) is 11.4 Å². The molecule has 0 unspecified atom stereocenters. The van der Waals surface area contributed by atoms with Crippen LogP contribution in [-0.4, -0.2) is 24.4 Å². The molecule has 112 valence electrons. The van der Waals surface area contributed by atoms with Crippen molar-refractivity contribution < 1.29 is 9.59 Å². The Balaban J connectivity index is 1.74. The van der Waals surface area contributed by atoms with Gasteiger partial charge in [0.2, 0.25) is 5.91 Å². The second kappa shape index (κ2) is 5.88. The molecular weight excluding hydrogens is 264 g/mol. The molecule has 1 heterocycles. The van der Waals surface area contributed by atoms with E-state index < -0.39 is 0 Å². The van der Waals surface area contributed by atoms with Crippen molar-refractivity contribution in [1.29, 1.82) is 0 Å². The van der Waals surface area contributed by atoms with Crippen molar-refractivity contribution in [2.24, 2.45) is 0 Å². The Kier molecular flexibility index (Phi) is 3.95. The molecule has 1 aromatic rings. The zero-order valence-corrected chi connectivity index (χ0v) is 12.5. The van der Waals surface area contributed by atoms with Crippen LogP contribution in [0.15, 0.2) is 18.2 Å². The molecule has 21 heavy (non-hydrogen) atoms. The Labute approximate surface area is 125 Å². The van der Waals surface area contributed by atoms with Crippen LogP contribution in [0.2, 0.25) is 0 Å². The maximum absolute atomic E-state index is 12.3. The maximum Gasteiger partial charge on any atom is 0.251 e. The second-order valence-corrected chi connectivity index (χ2v) is 5.95. The molecule has 1 N–H and O–H groups in total. The molecule has 1 aromatic carbocycles. The van der Waals surface area contributed by atoms with E-state index in [4.69, 9.17) is 0 Å². The average molecular weight is 286 g/mol. The Morgan fingerprint density at radius 1 is 1.29 bits per heavy atom. The van der Waals surface area contributed by atoms with Gasteiger partial charge in [-0.25, -0.2) is 0 Å². The van der Waals surface area contributed by atoms with Gasteiger partial charge in [-0.15, -0.1) is 0 Å². The molecule has 1 aliphatic carbocycles. The highest BCUT2D eigenvalue weighted by Crippen LogP contribution is 2.29. The molecule has 0 aromatic heterocycles. The molecular formula is C17H22N2O2. The van der Waals surface area contributed by atoms with Gasteiger partial charge in [-0.1, -0.05) is 19.8 Å². The highest BCUT2D eigenvalue weighted by atomic mass is 16.2. The first-order chi connectivity index (χ1) is 10.2. The summed E-state index contributed by atoms with van der Waals surface area (Å²) in [6.45, 7) is 2.61. The summed E-state index contributed by atoms with van der Waals surface area (Å²) < 4.78 is 0. The number of nitrogens with one attached hydrogen (secondary N) is 1. The molecule has 0 radical (unpaired) electrons. The second-order valence-electron chi connectivity index (χ2n) is 5.95. The zero-order chi connectivity index (χ0) is 14.8. The Bertz CT molecular complexity index is 562. The molecule has 0 bridgehead atoms. The number of hydrogen-bond donors (Lipinski definition) is 1. The van der Waals surface area contributed by atoms with Gasteiger partial charge >= 0.3 is 0 Å². The quantitative estimate of drug-likeness (QED) is 0.928. The van der Waals surface area contributed by atoms with Crippen LogP contribution in [0, 0.1) is 0 Å². The number of fused-ring (bicyclic) bond motifs is 1. The normalized spacial score (nSPS) is 17.9. The molecule has 4 nitrogen and oxygen atoms in total. The standard InChI is InChI=1S/C17H22N2O2/c1-2-16(20)19-10-9-12-11-13(7-8-15(12)19)17(21)18-14-5-3-4-6-14/h7-8,11,14H,2-6,9-10H2,1H3,(H,18,21). The van der Waals surface area contributed by atoms with Crippen molar-refractivity contribution in [2.45, 2.75) is 51.5 Å². The SMILES string of the molecule is CCC(=O)N1CCc2cc(C(=O)NC3CCCC3)ccc21. The highest BCUT2D eigenvalue weighted by molar-refractivity contribution is 5.98. The fraction of sp³-hybridized carbons (Fsp3) is 0.529. The minimum atomic E-state index is 0.0185. The van der Waals surface area contributed by atoms with Crippen LogP contribution in [0.25, 0.3) is 0 Å². The van der Waals surface area contributed by atoms with E-state index in [1.165, 1.54) is 12.8 Å². The molecule has 2 amide bonds. The van der Waals surface area contributed by atoms with Gasteiger partial charge in [-0.05, 0) is 43.0 Å². The molecule has 3 rings (SSSR count). The smallest absolute Gasteiger partial charge is 0.251 e. The highest BCUT2D eigenvalue weighted by Gasteiger charge is 2.25. The molecule has 0 spiro atoms. The summed E-state index contributed by atoms with van der Waals surface area (Å²) in [5, 5.41) is 3.11. The lowest BCUT2D eigenvalue weighted by molar-refractivity contribution is -0.118. The van der Waals surface area contributed by atoms with Crippen LogP contribution in [0.5, 0.6) is 0 Å². The van der Waals surface area contributed by atoms with Gasteiger partial charge in [-0.2, -0.15) is 0 Å². The number of nitrogens with zero attached hydrogens (tertiary/aromatic N) is 1. The van der Waals surface area contributed by atoms with E-state index in [1.54, 1.807) is 0 Å². The summed E-state index contributed by atoms with van der Waals surface area (Å²) in [6, 6.07) is 6.04. The van der Waals surface area contributed by atoms with Gasteiger partial charge in [0.15, 0.2) is 0 Å². The average Bonchev–Trinajstić information content (AvgIpc) is 3.14. The summed E-state index contributed by atoms with van der Waals surface area (Å²) in [5.41, 5.74) is 2.79. The van der Waals surface area contributed by atoms with E-state index in [-0.39, 0.29) is 11.8 Å². The first kappa shape index (κ1) is 14.1. The van der Waals surface area contributed by atoms with Crippen molar-refractivity contribution in [3.63, 3.8) is 0 Å². The molecule has 1 aliphatic heterocycles. The van der Waals surface area contributed by atoms with E-state index in [0.29, 0.717) is 18.0 Å². The van der Waals surface area contributed by atoms with Gasteiger partial charge in [-0.3, -0.25) is 9.59 Å². The van der Waals surface area contributed by atoms with Crippen molar-refractivity contribution >= 4 is 17.5 Å². The minimum Gasteiger partial charge on any atom is -0.349 e. The van der Waals surface area contributed by atoms with E-state index in [1.807, 2.05) is 30.0 Å². The van der Waals surface area contributed by atoms with E-state index in [2.05, 4.69) is 5.32 Å². The van der Waals surface area contributed by atoms with E-state index in [0.717, 1.165) is 37.1 Å². The number of benzene rings is 1. The fourth-order valence-electron chi connectivity index (χ4n) is 3.33. The topological polar surface area (TPSA) is 49.4 Å². The van der Waals surface area contributed by atoms with Gasteiger partial charge in [0.05, 0.1) is 0 Å². The van der Waals surface area contributed by atoms with Crippen LogP contribution in [0.1, 0.15) is 54.9 Å². The Hall–Kier alpha value is -1.84. The van der Waals surface area contributed by atoms with E-state index >= 15 is 0 Å². The molecule has 2 aliphatic rings. The molecule has 1 saturated carbocycles. The van der Waals surface area contributed by atoms with E-state index in [9.17, 15) is 9.59 Å². The Morgan fingerprint density at radius 3 is 2.76 bits per heavy atom. The number of amides is 2. The van der Waals surface area contributed by atoms with Crippen molar-refractivity contribution in [3.8, 4) is 0 Å². The van der Waals surface area contributed by atoms with Crippen LogP contribution < -0.4 is 10.2 Å².